The van der Waals surface area contributed by atoms with Gasteiger partial charge in [0.2, 0.25) is 0 Å². The van der Waals surface area contributed by atoms with Crippen molar-refractivity contribution in [1.29, 1.82) is 0 Å². The Morgan fingerprint density at radius 1 is 1.23 bits per heavy atom. The Labute approximate surface area is 130 Å². The Balaban J connectivity index is 0.00000211. The molecule has 0 saturated heterocycles. The largest absolute Gasteiger partial charge is 0.490 e. The van der Waals surface area contributed by atoms with Crippen LogP contribution in [0.5, 0.6) is 5.75 Å². The minimum absolute atomic E-state index is 0.230. The van der Waals surface area contributed by atoms with Crippen molar-refractivity contribution in [2.75, 3.05) is 6.61 Å². The van der Waals surface area contributed by atoms with Crippen LogP contribution < -0.4 is 4.74 Å². The van der Waals surface area contributed by atoms with E-state index in [9.17, 15) is 13.2 Å². The topological polar surface area (TPSA) is 9.23 Å². The van der Waals surface area contributed by atoms with Crippen LogP contribution in [-0.4, -0.2) is 6.61 Å². The van der Waals surface area contributed by atoms with Crippen LogP contribution in [0.1, 0.15) is 32.3 Å². The molecule has 0 aliphatic rings. The average molecular weight is 312 g/mol. The van der Waals surface area contributed by atoms with Crippen LogP contribution in [0.15, 0.2) is 61.2 Å². The Morgan fingerprint density at radius 3 is 2.50 bits per heavy atom. The van der Waals surface area contributed by atoms with E-state index in [4.69, 9.17) is 4.74 Å². The summed E-state index contributed by atoms with van der Waals surface area (Å²) >= 11 is 0. The molecule has 1 nitrogen and oxygen atoms in total. The van der Waals surface area contributed by atoms with E-state index < -0.39 is 11.7 Å². The van der Waals surface area contributed by atoms with Gasteiger partial charge in [0.15, 0.2) is 0 Å². The van der Waals surface area contributed by atoms with Gasteiger partial charge in [-0.05, 0) is 44.0 Å². The number of hydrogen-bond acceptors (Lipinski definition) is 1. The van der Waals surface area contributed by atoms with E-state index in [1.807, 2.05) is 13.0 Å². The predicted octanol–water partition coefficient (Wildman–Crippen LogP) is 6.19. The molecule has 0 N–H and O–H groups in total. The van der Waals surface area contributed by atoms with Crippen molar-refractivity contribution in [3.05, 3.63) is 66.8 Å². The standard InChI is InChI=1S/C16H19F3O.C2H4/c1-3-4-5-7-13(2)10-11-20-15-9-6-8-14(12-15)16(17,18)19;1-2/h4-6,8-10,12H,3,7,11H2,1-2H3;1-2H2/b5-4-,13-10-;. The van der Waals surface area contributed by atoms with E-state index in [2.05, 4.69) is 32.2 Å². The van der Waals surface area contributed by atoms with Crippen molar-refractivity contribution < 1.29 is 17.9 Å². The maximum absolute atomic E-state index is 12.5. The zero-order valence-corrected chi connectivity index (χ0v) is 13.1. The lowest BCUT2D eigenvalue weighted by Gasteiger charge is -2.09. The van der Waals surface area contributed by atoms with Crippen LogP contribution in [0.25, 0.3) is 0 Å². The highest BCUT2D eigenvalue weighted by atomic mass is 19.4. The van der Waals surface area contributed by atoms with Gasteiger partial charge in [0.05, 0.1) is 5.56 Å². The molecular weight excluding hydrogens is 289 g/mol. The van der Waals surface area contributed by atoms with Gasteiger partial charge < -0.3 is 4.74 Å². The van der Waals surface area contributed by atoms with Crippen molar-refractivity contribution in [2.45, 2.75) is 32.9 Å². The summed E-state index contributed by atoms with van der Waals surface area (Å²) in [6.45, 7) is 10.3. The quantitative estimate of drug-likeness (QED) is 0.569. The zero-order valence-electron chi connectivity index (χ0n) is 13.1. The number of allylic oxidation sites excluding steroid dienone is 3. The molecule has 4 heteroatoms. The first-order valence-corrected chi connectivity index (χ1v) is 7.04. The number of halogens is 3. The molecule has 0 aliphatic heterocycles. The number of benzene rings is 1. The molecule has 0 aliphatic carbocycles. The molecular formula is C18H23F3O. The first kappa shape index (κ1) is 20.0. The summed E-state index contributed by atoms with van der Waals surface area (Å²) in [6, 6.07) is 4.91. The van der Waals surface area contributed by atoms with Crippen molar-refractivity contribution >= 4 is 0 Å². The Hall–Kier alpha value is -1.97. The third-order valence-electron chi connectivity index (χ3n) is 2.69. The third kappa shape index (κ3) is 8.35. The van der Waals surface area contributed by atoms with Crippen LogP contribution in [0, 0.1) is 0 Å². The summed E-state index contributed by atoms with van der Waals surface area (Å²) in [5, 5.41) is 0. The number of rotatable bonds is 6. The van der Waals surface area contributed by atoms with Gasteiger partial charge in [0.25, 0.3) is 0 Å². The van der Waals surface area contributed by atoms with Crippen LogP contribution in [-0.2, 0) is 6.18 Å². The second-order valence-electron chi connectivity index (χ2n) is 4.47. The number of hydrogen-bond donors (Lipinski definition) is 0. The maximum atomic E-state index is 12.5. The molecule has 0 unspecified atom stereocenters. The highest BCUT2D eigenvalue weighted by Gasteiger charge is 2.30. The van der Waals surface area contributed by atoms with Crippen LogP contribution in [0.3, 0.4) is 0 Å². The normalized spacial score (nSPS) is 12.0. The van der Waals surface area contributed by atoms with E-state index >= 15 is 0 Å². The summed E-state index contributed by atoms with van der Waals surface area (Å²) in [4.78, 5) is 0. The van der Waals surface area contributed by atoms with Crippen molar-refractivity contribution in [2.24, 2.45) is 0 Å². The molecule has 0 heterocycles. The van der Waals surface area contributed by atoms with E-state index in [-0.39, 0.29) is 12.4 Å². The van der Waals surface area contributed by atoms with Gasteiger partial charge in [0, 0.05) is 0 Å². The van der Waals surface area contributed by atoms with Gasteiger partial charge >= 0.3 is 6.18 Å². The van der Waals surface area contributed by atoms with Gasteiger partial charge in [-0.2, -0.15) is 13.2 Å². The monoisotopic (exact) mass is 312 g/mol. The van der Waals surface area contributed by atoms with Crippen LogP contribution >= 0.6 is 0 Å². The van der Waals surface area contributed by atoms with Crippen LogP contribution in [0.2, 0.25) is 0 Å². The molecule has 122 valence electrons. The molecule has 1 aromatic rings. The van der Waals surface area contributed by atoms with Gasteiger partial charge in [0.1, 0.15) is 12.4 Å². The van der Waals surface area contributed by atoms with E-state index in [1.165, 1.54) is 12.1 Å². The van der Waals surface area contributed by atoms with Gasteiger partial charge in [-0.3, -0.25) is 0 Å². The van der Waals surface area contributed by atoms with Gasteiger partial charge in [-0.1, -0.05) is 30.7 Å². The van der Waals surface area contributed by atoms with Crippen molar-refractivity contribution in [3.63, 3.8) is 0 Å². The molecule has 0 aromatic heterocycles. The molecule has 22 heavy (non-hydrogen) atoms. The lowest BCUT2D eigenvalue weighted by molar-refractivity contribution is -0.137. The first-order chi connectivity index (χ1) is 10.4. The minimum atomic E-state index is -4.34. The molecule has 0 amide bonds. The third-order valence-corrected chi connectivity index (χ3v) is 2.69. The fourth-order valence-electron chi connectivity index (χ4n) is 1.56. The van der Waals surface area contributed by atoms with E-state index in [0.717, 1.165) is 30.5 Å². The molecule has 0 saturated carbocycles. The van der Waals surface area contributed by atoms with E-state index in [1.54, 1.807) is 0 Å². The second kappa shape index (κ2) is 10.7. The molecule has 1 rings (SSSR count). The average Bonchev–Trinajstić information content (AvgIpc) is 2.49. The molecule has 0 spiro atoms. The first-order valence-electron chi connectivity index (χ1n) is 7.04. The molecule has 0 bridgehead atoms. The fraction of sp³-hybridized carbons (Fsp3) is 0.333. The molecule has 0 radical (unpaired) electrons. The van der Waals surface area contributed by atoms with Crippen LogP contribution in [0.4, 0.5) is 13.2 Å². The van der Waals surface area contributed by atoms with Crippen molar-refractivity contribution in [3.8, 4) is 5.75 Å². The minimum Gasteiger partial charge on any atom is -0.490 e. The summed E-state index contributed by atoms with van der Waals surface area (Å²) in [7, 11) is 0. The fourth-order valence-corrected chi connectivity index (χ4v) is 1.56. The number of ether oxygens (including phenoxy) is 1. The van der Waals surface area contributed by atoms with Gasteiger partial charge in [-0.25, -0.2) is 0 Å². The molecule has 0 atom stereocenters. The predicted molar refractivity (Wildman–Crippen MR) is 86.0 cm³/mol. The van der Waals surface area contributed by atoms with E-state index in [0.29, 0.717) is 0 Å². The summed E-state index contributed by atoms with van der Waals surface area (Å²) in [5.74, 6) is 0.230. The number of alkyl halides is 3. The highest BCUT2D eigenvalue weighted by Crippen LogP contribution is 2.31. The maximum Gasteiger partial charge on any atom is 0.416 e. The SMILES string of the molecule is C=C.CC/C=C\C/C(C)=C\COc1cccc(C(F)(F)F)c1. The summed E-state index contributed by atoms with van der Waals surface area (Å²) in [5.41, 5.74) is 0.434. The smallest absolute Gasteiger partial charge is 0.416 e. The lowest BCUT2D eigenvalue weighted by Crippen LogP contribution is -2.05. The zero-order chi connectivity index (χ0) is 17.0. The van der Waals surface area contributed by atoms with Gasteiger partial charge in [-0.15, -0.1) is 13.2 Å². The molecule has 0 fully saturated rings. The second-order valence-corrected chi connectivity index (χ2v) is 4.47. The highest BCUT2D eigenvalue weighted by molar-refractivity contribution is 5.30. The Morgan fingerprint density at radius 2 is 1.91 bits per heavy atom. The Bertz CT molecular complexity index is 487. The Kier molecular flexibility index (Phi) is 9.75. The summed E-state index contributed by atoms with van der Waals surface area (Å²) in [6.07, 6.45) is 3.51. The lowest BCUT2D eigenvalue weighted by atomic mass is 10.2. The molecule has 1 aromatic carbocycles. The summed E-state index contributed by atoms with van der Waals surface area (Å²) < 4.78 is 42.9. The van der Waals surface area contributed by atoms with Crippen molar-refractivity contribution in [1.82, 2.24) is 0 Å².